The number of nitrogens with one attached hydrogen (secondary N) is 1. The first-order chi connectivity index (χ1) is 15.5. The summed E-state index contributed by atoms with van der Waals surface area (Å²) in [5, 5.41) is 6.49. The Bertz CT molecular complexity index is 1140. The lowest BCUT2D eigenvalue weighted by atomic mass is 10.0. The molecule has 1 N–H and O–H groups in total. The Hall–Kier alpha value is -3.21. The van der Waals surface area contributed by atoms with Crippen LogP contribution in [0.15, 0.2) is 24.3 Å². The summed E-state index contributed by atoms with van der Waals surface area (Å²) in [7, 11) is 5.46. The average Bonchev–Trinajstić information content (AvgIpc) is 3.18. The second kappa shape index (κ2) is 9.74. The predicted octanol–water partition coefficient (Wildman–Crippen LogP) is 3.12. The first-order valence-corrected chi connectivity index (χ1v) is 10.4. The van der Waals surface area contributed by atoms with E-state index in [9.17, 15) is 18.0 Å². The van der Waals surface area contributed by atoms with E-state index in [1.165, 1.54) is 0 Å². The van der Waals surface area contributed by atoms with E-state index in [1.54, 1.807) is 21.0 Å². The van der Waals surface area contributed by atoms with Crippen LogP contribution in [0.3, 0.4) is 0 Å². The zero-order valence-electron chi connectivity index (χ0n) is 19.2. The van der Waals surface area contributed by atoms with E-state index in [4.69, 9.17) is 4.74 Å². The Morgan fingerprint density at radius 1 is 1.24 bits per heavy atom. The molecule has 2 aromatic heterocycles. The highest BCUT2D eigenvalue weighted by atomic mass is 19.4. The van der Waals surface area contributed by atoms with Gasteiger partial charge in [-0.1, -0.05) is 12.1 Å². The topological polar surface area (TPSA) is 84.6 Å². The van der Waals surface area contributed by atoms with Crippen molar-refractivity contribution in [1.82, 2.24) is 29.8 Å². The highest BCUT2D eigenvalue weighted by Gasteiger charge is 2.37. The number of methoxy groups -OCH3 is 1. The number of benzene rings is 1. The fraction of sp³-hybridized carbons (Fsp3) is 0.455. The highest BCUT2D eigenvalue weighted by Crippen LogP contribution is 2.27. The summed E-state index contributed by atoms with van der Waals surface area (Å²) in [6, 6.07) is 7.60. The van der Waals surface area contributed by atoms with E-state index in [0.717, 1.165) is 15.8 Å². The number of alkyl halides is 3. The second-order valence-electron chi connectivity index (χ2n) is 7.97. The number of ether oxygens (including phenoxy) is 1. The van der Waals surface area contributed by atoms with E-state index in [-0.39, 0.29) is 24.1 Å². The number of fused-ring (bicyclic) bond motifs is 1. The molecule has 0 radical (unpaired) electrons. The highest BCUT2D eigenvalue weighted by molar-refractivity contribution is 5.76. The van der Waals surface area contributed by atoms with Gasteiger partial charge in [-0.05, 0) is 57.6 Å². The lowest BCUT2D eigenvalue weighted by Crippen LogP contribution is -2.34. The van der Waals surface area contributed by atoms with Gasteiger partial charge in [0.1, 0.15) is 5.75 Å². The zero-order valence-corrected chi connectivity index (χ0v) is 19.2. The summed E-state index contributed by atoms with van der Waals surface area (Å²) in [5.74, 6) is -0.781. The van der Waals surface area contributed by atoms with Crippen LogP contribution in [0.1, 0.15) is 40.8 Å². The Kier molecular flexibility index (Phi) is 7.21. The lowest BCUT2D eigenvalue weighted by molar-refractivity contribution is -0.144. The van der Waals surface area contributed by atoms with E-state index < -0.39 is 12.0 Å². The van der Waals surface area contributed by atoms with Gasteiger partial charge in [0.2, 0.25) is 5.91 Å². The van der Waals surface area contributed by atoms with Crippen LogP contribution in [0.2, 0.25) is 0 Å². The number of halogens is 3. The Morgan fingerprint density at radius 2 is 1.97 bits per heavy atom. The number of amides is 1. The third-order valence-electron chi connectivity index (χ3n) is 5.50. The summed E-state index contributed by atoms with van der Waals surface area (Å²) in [6.45, 7) is 3.73. The number of carbonyl (C=O) groups excluding carboxylic acids is 1. The molecular weight excluding hydrogens is 437 g/mol. The largest absolute Gasteiger partial charge is 0.497 e. The number of hydrogen-bond acceptors (Lipinski definition) is 6. The molecule has 33 heavy (non-hydrogen) atoms. The fourth-order valence-electron chi connectivity index (χ4n) is 3.68. The van der Waals surface area contributed by atoms with Gasteiger partial charge in [0.15, 0.2) is 0 Å². The predicted molar refractivity (Wildman–Crippen MR) is 116 cm³/mol. The third-order valence-corrected chi connectivity index (χ3v) is 5.50. The lowest BCUT2D eigenvalue weighted by Gasteiger charge is -2.25. The molecule has 2 heterocycles. The van der Waals surface area contributed by atoms with Gasteiger partial charge in [-0.25, -0.2) is 9.50 Å². The minimum absolute atomic E-state index is 0.0542. The molecule has 0 bridgehead atoms. The Balaban J connectivity index is 1.68. The molecule has 0 spiro atoms. The van der Waals surface area contributed by atoms with Crippen LogP contribution in [-0.4, -0.2) is 58.1 Å². The van der Waals surface area contributed by atoms with Gasteiger partial charge in [0.25, 0.3) is 11.6 Å². The van der Waals surface area contributed by atoms with Crippen molar-refractivity contribution in [2.45, 2.75) is 38.9 Å². The molecule has 178 valence electrons. The van der Waals surface area contributed by atoms with Crippen molar-refractivity contribution in [2.24, 2.45) is 0 Å². The van der Waals surface area contributed by atoms with Crippen LogP contribution < -0.4 is 10.1 Å². The molecular formula is C22H27F3N6O2. The maximum Gasteiger partial charge on any atom is 0.453 e. The van der Waals surface area contributed by atoms with E-state index >= 15 is 0 Å². The third kappa shape index (κ3) is 5.59. The first-order valence-electron chi connectivity index (χ1n) is 10.4. The van der Waals surface area contributed by atoms with Crippen LogP contribution in [-0.2, 0) is 17.4 Å². The number of aromatic nitrogens is 4. The second-order valence-corrected chi connectivity index (χ2v) is 7.97. The van der Waals surface area contributed by atoms with Crippen molar-refractivity contribution in [2.75, 3.05) is 27.7 Å². The van der Waals surface area contributed by atoms with Crippen LogP contribution in [0.5, 0.6) is 5.75 Å². The van der Waals surface area contributed by atoms with Gasteiger partial charge in [-0.3, -0.25) is 4.79 Å². The molecule has 3 rings (SSSR count). The maximum absolute atomic E-state index is 13.0. The quantitative estimate of drug-likeness (QED) is 0.552. The van der Waals surface area contributed by atoms with Gasteiger partial charge >= 0.3 is 6.18 Å². The molecule has 1 amide bonds. The molecule has 0 saturated carbocycles. The summed E-state index contributed by atoms with van der Waals surface area (Å²) in [4.78, 5) is 22.2. The number of nitrogens with zero attached hydrogens (tertiary/aromatic N) is 5. The van der Waals surface area contributed by atoms with Crippen LogP contribution in [0, 0.1) is 13.8 Å². The molecule has 8 nitrogen and oxygen atoms in total. The minimum atomic E-state index is -4.65. The number of hydrogen-bond donors (Lipinski definition) is 1. The van der Waals surface area contributed by atoms with Gasteiger partial charge in [0, 0.05) is 24.4 Å². The molecule has 0 aliphatic rings. The fourth-order valence-corrected chi connectivity index (χ4v) is 3.68. The van der Waals surface area contributed by atoms with Crippen molar-refractivity contribution in [3.63, 3.8) is 0 Å². The summed E-state index contributed by atoms with van der Waals surface area (Å²) in [6.07, 6.45) is -4.17. The molecule has 0 saturated heterocycles. The SMILES string of the molecule is COc1cccc([C@H](CNC(=O)CCc2c(C)nc3nc(C(F)(F)F)nn3c2C)N(C)C)c1. The summed E-state index contributed by atoms with van der Waals surface area (Å²) < 4.78 is 45.2. The molecule has 1 aromatic carbocycles. The monoisotopic (exact) mass is 464 g/mol. The maximum atomic E-state index is 13.0. The molecule has 0 unspecified atom stereocenters. The van der Waals surface area contributed by atoms with Crippen molar-refractivity contribution < 1.29 is 22.7 Å². The molecule has 0 fully saturated rings. The van der Waals surface area contributed by atoms with Crippen molar-refractivity contribution in [3.8, 4) is 5.75 Å². The van der Waals surface area contributed by atoms with Crippen molar-refractivity contribution in [1.29, 1.82) is 0 Å². The molecule has 11 heteroatoms. The first kappa shape index (κ1) is 24.4. The van der Waals surface area contributed by atoms with E-state index in [2.05, 4.69) is 20.4 Å². The number of likely N-dealkylation sites (N-methyl/N-ethyl adjacent to an activating group) is 1. The van der Waals surface area contributed by atoms with Gasteiger partial charge < -0.3 is 15.0 Å². The minimum Gasteiger partial charge on any atom is -0.497 e. The van der Waals surface area contributed by atoms with E-state index in [0.29, 0.717) is 29.9 Å². The summed E-state index contributed by atoms with van der Waals surface area (Å²) >= 11 is 0. The van der Waals surface area contributed by atoms with Crippen LogP contribution in [0.25, 0.3) is 5.78 Å². The van der Waals surface area contributed by atoms with E-state index in [1.807, 2.05) is 43.3 Å². The van der Waals surface area contributed by atoms with Gasteiger partial charge in [-0.15, -0.1) is 5.10 Å². The molecule has 0 aliphatic carbocycles. The smallest absolute Gasteiger partial charge is 0.453 e. The normalized spacial score (nSPS) is 12.9. The number of rotatable bonds is 8. The Labute approximate surface area is 189 Å². The van der Waals surface area contributed by atoms with Crippen molar-refractivity contribution in [3.05, 3.63) is 52.6 Å². The zero-order chi connectivity index (χ0) is 24.3. The molecule has 0 aliphatic heterocycles. The standard InChI is InChI=1S/C22H27F3N6O2/c1-13-17(14(2)31-21(27-13)28-20(29-31)22(23,24)25)9-10-19(32)26-12-18(30(3)4)15-7-6-8-16(11-15)33-5/h6-8,11,18H,9-10,12H2,1-5H3,(H,26,32)/t18-/m0/s1. The van der Waals surface area contributed by atoms with Gasteiger partial charge in [-0.2, -0.15) is 18.2 Å². The van der Waals surface area contributed by atoms with Crippen LogP contribution >= 0.6 is 0 Å². The average molecular weight is 464 g/mol. The number of carbonyl (C=O) groups is 1. The van der Waals surface area contributed by atoms with Crippen molar-refractivity contribution >= 4 is 11.7 Å². The molecule has 3 aromatic rings. The van der Waals surface area contributed by atoms with Gasteiger partial charge in [0.05, 0.1) is 13.2 Å². The Morgan fingerprint density at radius 3 is 2.61 bits per heavy atom. The van der Waals surface area contributed by atoms with Crippen LogP contribution in [0.4, 0.5) is 13.2 Å². The summed E-state index contributed by atoms with van der Waals surface area (Å²) in [5.41, 5.74) is 2.69. The number of aryl methyl sites for hydroxylation is 2. The molecule has 1 atom stereocenters.